The fourth-order valence-corrected chi connectivity index (χ4v) is 4.17. The molecule has 0 unspecified atom stereocenters. The molecule has 1 aromatic carbocycles. The number of carbonyl (C=O) groups is 2. The van der Waals surface area contributed by atoms with E-state index in [2.05, 4.69) is 5.32 Å². The average Bonchev–Trinajstić information content (AvgIpc) is 2.88. The van der Waals surface area contributed by atoms with E-state index >= 15 is 0 Å². The largest absolute Gasteiger partial charge is 0.376 e. The van der Waals surface area contributed by atoms with Crippen LogP contribution in [0.5, 0.6) is 0 Å². The van der Waals surface area contributed by atoms with Gasteiger partial charge < -0.3 is 5.32 Å². The highest BCUT2D eigenvalue weighted by Gasteiger charge is 2.39. The van der Waals surface area contributed by atoms with Crippen LogP contribution in [-0.4, -0.2) is 17.9 Å². The van der Waals surface area contributed by atoms with Gasteiger partial charge in [0.15, 0.2) is 0 Å². The number of para-hydroxylation sites is 1. The van der Waals surface area contributed by atoms with E-state index in [0.29, 0.717) is 5.69 Å². The molecule has 5 heteroatoms. The van der Waals surface area contributed by atoms with Crippen molar-refractivity contribution in [3.8, 4) is 0 Å². The molecule has 3 rings (SSSR count). The Balaban J connectivity index is 1.68. The van der Waals surface area contributed by atoms with Crippen LogP contribution < -0.4 is 10.2 Å². The molecule has 27 heavy (non-hydrogen) atoms. The van der Waals surface area contributed by atoms with Crippen LogP contribution in [0.4, 0.5) is 5.69 Å². The lowest BCUT2D eigenvalue weighted by atomic mass is 9.98. The highest BCUT2D eigenvalue weighted by molar-refractivity contribution is 6.52. The van der Waals surface area contributed by atoms with Gasteiger partial charge in [-0.15, -0.1) is 0 Å². The highest BCUT2D eigenvalue weighted by Crippen LogP contribution is 2.29. The standard InChI is InChI=1S/C22H29ClN2O2/c23-19-20(22(27)25(21(19)26)18-15-11-8-12-16-18)24-17-13-9-6-4-2-1-3-5-7-10-14-17/h8,11-12,15-17,24H,1-7,9-10,13-14H2. The lowest BCUT2D eigenvalue weighted by Crippen LogP contribution is -2.36. The summed E-state index contributed by atoms with van der Waals surface area (Å²) in [7, 11) is 0. The van der Waals surface area contributed by atoms with Gasteiger partial charge in [-0.05, 0) is 25.0 Å². The summed E-state index contributed by atoms with van der Waals surface area (Å²) >= 11 is 6.27. The van der Waals surface area contributed by atoms with E-state index in [4.69, 9.17) is 11.6 Å². The predicted molar refractivity (Wildman–Crippen MR) is 110 cm³/mol. The van der Waals surface area contributed by atoms with Crippen molar-refractivity contribution in [2.45, 2.75) is 76.7 Å². The van der Waals surface area contributed by atoms with Gasteiger partial charge in [-0.3, -0.25) is 9.59 Å². The first-order valence-corrected chi connectivity index (χ1v) is 10.7. The molecule has 4 nitrogen and oxygen atoms in total. The number of benzene rings is 1. The second kappa shape index (κ2) is 9.93. The van der Waals surface area contributed by atoms with Gasteiger partial charge in [0.05, 0.1) is 5.69 Å². The maximum absolute atomic E-state index is 12.9. The zero-order valence-electron chi connectivity index (χ0n) is 15.9. The lowest BCUT2D eigenvalue weighted by Gasteiger charge is -2.21. The van der Waals surface area contributed by atoms with Gasteiger partial charge in [0, 0.05) is 6.04 Å². The highest BCUT2D eigenvalue weighted by atomic mass is 35.5. The number of amides is 2. The second-order valence-electron chi connectivity index (χ2n) is 7.57. The van der Waals surface area contributed by atoms with Crippen molar-refractivity contribution in [1.82, 2.24) is 5.32 Å². The minimum Gasteiger partial charge on any atom is -0.376 e. The zero-order valence-corrected chi connectivity index (χ0v) is 16.6. The third-order valence-corrected chi connectivity index (χ3v) is 5.85. The minimum atomic E-state index is -0.441. The molecule has 1 aliphatic carbocycles. The van der Waals surface area contributed by atoms with E-state index in [1.54, 1.807) is 12.1 Å². The van der Waals surface area contributed by atoms with Crippen molar-refractivity contribution < 1.29 is 9.59 Å². The fourth-order valence-electron chi connectivity index (χ4n) is 3.95. The Morgan fingerprint density at radius 2 is 1.30 bits per heavy atom. The summed E-state index contributed by atoms with van der Waals surface area (Å²) in [5.74, 6) is -0.786. The molecular weight excluding hydrogens is 360 g/mol. The molecule has 1 saturated carbocycles. The van der Waals surface area contributed by atoms with Crippen molar-refractivity contribution in [3.05, 3.63) is 41.1 Å². The topological polar surface area (TPSA) is 49.4 Å². The first kappa shape index (κ1) is 19.9. The van der Waals surface area contributed by atoms with E-state index in [1.165, 1.54) is 49.8 Å². The Morgan fingerprint density at radius 3 is 1.85 bits per heavy atom. The molecule has 0 aromatic heterocycles. The molecule has 1 heterocycles. The monoisotopic (exact) mass is 388 g/mol. The summed E-state index contributed by atoms with van der Waals surface area (Å²) in [4.78, 5) is 26.6. The Kier molecular flexibility index (Phi) is 7.33. The van der Waals surface area contributed by atoms with Gasteiger partial charge in [-0.25, -0.2) is 4.90 Å². The number of imide groups is 1. The van der Waals surface area contributed by atoms with Crippen LogP contribution in [0.25, 0.3) is 0 Å². The predicted octanol–water partition coefficient (Wildman–Crippen LogP) is 5.27. The molecule has 0 bridgehead atoms. The molecule has 1 N–H and O–H groups in total. The molecule has 0 spiro atoms. The summed E-state index contributed by atoms with van der Waals surface area (Å²) in [5.41, 5.74) is 0.823. The molecule has 0 atom stereocenters. The maximum Gasteiger partial charge on any atom is 0.283 e. The maximum atomic E-state index is 12.9. The normalized spacial score (nSPS) is 21.1. The molecule has 2 amide bonds. The number of halogens is 1. The quantitative estimate of drug-likeness (QED) is 0.717. The smallest absolute Gasteiger partial charge is 0.283 e. The van der Waals surface area contributed by atoms with Gasteiger partial charge >= 0.3 is 0 Å². The number of hydrogen-bond acceptors (Lipinski definition) is 3. The van der Waals surface area contributed by atoms with Crippen LogP contribution in [-0.2, 0) is 9.59 Å². The molecule has 1 aliphatic heterocycles. The van der Waals surface area contributed by atoms with Crippen LogP contribution in [0.2, 0.25) is 0 Å². The van der Waals surface area contributed by atoms with Gasteiger partial charge in [0.1, 0.15) is 10.7 Å². The second-order valence-corrected chi connectivity index (χ2v) is 7.95. The van der Waals surface area contributed by atoms with Crippen molar-refractivity contribution in [2.24, 2.45) is 0 Å². The molecule has 2 aliphatic rings. The number of hydrogen-bond donors (Lipinski definition) is 1. The van der Waals surface area contributed by atoms with Crippen molar-refractivity contribution in [3.63, 3.8) is 0 Å². The molecule has 0 saturated heterocycles. The minimum absolute atomic E-state index is 0.00923. The van der Waals surface area contributed by atoms with Gasteiger partial charge in [-0.1, -0.05) is 87.6 Å². The van der Waals surface area contributed by atoms with E-state index in [1.807, 2.05) is 18.2 Å². The van der Waals surface area contributed by atoms with Gasteiger partial charge in [0.2, 0.25) is 0 Å². The van der Waals surface area contributed by atoms with E-state index in [-0.39, 0.29) is 22.7 Å². The first-order valence-electron chi connectivity index (χ1n) is 10.3. The average molecular weight is 389 g/mol. The summed E-state index contributed by atoms with van der Waals surface area (Å²) in [6.07, 6.45) is 13.4. The van der Waals surface area contributed by atoms with E-state index < -0.39 is 5.91 Å². The van der Waals surface area contributed by atoms with Crippen LogP contribution in [0.15, 0.2) is 41.1 Å². The number of nitrogens with zero attached hydrogens (tertiary/aromatic N) is 1. The third-order valence-electron chi connectivity index (χ3n) is 5.50. The van der Waals surface area contributed by atoms with E-state index in [0.717, 1.165) is 25.7 Å². The SMILES string of the molecule is O=C1C(Cl)=C(NC2CCCCCCCCCCC2)C(=O)N1c1ccccc1. The Labute approximate surface area is 167 Å². The van der Waals surface area contributed by atoms with Crippen LogP contribution in [0, 0.1) is 0 Å². The number of nitrogens with one attached hydrogen (secondary N) is 1. The number of rotatable bonds is 3. The van der Waals surface area contributed by atoms with Gasteiger partial charge in [-0.2, -0.15) is 0 Å². The van der Waals surface area contributed by atoms with Crippen LogP contribution in [0.1, 0.15) is 70.6 Å². The van der Waals surface area contributed by atoms with Crippen LogP contribution in [0.3, 0.4) is 0 Å². The van der Waals surface area contributed by atoms with Crippen molar-refractivity contribution >= 4 is 29.1 Å². The first-order chi connectivity index (χ1) is 13.2. The Morgan fingerprint density at radius 1 is 0.778 bits per heavy atom. The molecule has 1 fully saturated rings. The molecule has 146 valence electrons. The molecule has 1 aromatic rings. The molecular formula is C22H29ClN2O2. The van der Waals surface area contributed by atoms with Crippen molar-refractivity contribution in [1.29, 1.82) is 0 Å². The summed E-state index contributed by atoms with van der Waals surface area (Å²) in [6.45, 7) is 0. The molecule has 0 radical (unpaired) electrons. The van der Waals surface area contributed by atoms with Gasteiger partial charge in [0.25, 0.3) is 11.8 Å². The summed E-state index contributed by atoms with van der Waals surface area (Å²) in [6, 6.07) is 9.16. The number of carbonyl (C=O) groups excluding carboxylic acids is 2. The Hall–Kier alpha value is -1.81. The third kappa shape index (κ3) is 5.13. The van der Waals surface area contributed by atoms with Crippen LogP contribution >= 0.6 is 11.6 Å². The van der Waals surface area contributed by atoms with Crippen molar-refractivity contribution in [2.75, 3.05) is 4.90 Å². The Bertz CT molecular complexity index is 675. The summed E-state index contributed by atoms with van der Waals surface area (Å²) in [5, 5.41) is 3.34. The number of anilines is 1. The summed E-state index contributed by atoms with van der Waals surface area (Å²) < 4.78 is 0. The fraction of sp³-hybridized carbons (Fsp3) is 0.545. The lowest BCUT2D eigenvalue weighted by molar-refractivity contribution is -0.120. The van der Waals surface area contributed by atoms with E-state index in [9.17, 15) is 9.59 Å². The zero-order chi connectivity index (χ0) is 19.1.